The summed E-state index contributed by atoms with van der Waals surface area (Å²) in [6.45, 7) is 6.15. The van der Waals surface area contributed by atoms with Gasteiger partial charge in [-0.15, -0.1) is 0 Å². The number of ether oxygens (including phenoxy) is 1. The summed E-state index contributed by atoms with van der Waals surface area (Å²) in [6.07, 6.45) is -0.0772. The fraction of sp³-hybridized carbons (Fsp3) is 0.409. The monoisotopic (exact) mass is 402 g/mol. The van der Waals surface area contributed by atoms with Crippen LogP contribution in [-0.2, 0) is 0 Å². The van der Waals surface area contributed by atoms with Gasteiger partial charge < -0.3 is 14.7 Å². The highest BCUT2D eigenvalue weighted by atomic mass is 35.5. The first-order valence-electron chi connectivity index (χ1n) is 9.72. The molecule has 1 atom stereocenters. The van der Waals surface area contributed by atoms with Crippen molar-refractivity contribution in [2.75, 3.05) is 44.2 Å². The molecule has 0 radical (unpaired) electrons. The van der Waals surface area contributed by atoms with E-state index >= 15 is 0 Å². The molecule has 1 aliphatic rings. The van der Waals surface area contributed by atoms with E-state index < -0.39 is 6.10 Å². The first-order chi connectivity index (χ1) is 13.6. The fourth-order valence-electron chi connectivity index (χ4n) is 3.36. The summed E-state index contributed by atoms with van der Waals surface area (Å²) in [4.78, 5) is 16.2. The van der Waals surface area contributed by atoms with E-state index in [0.29, 0.717) is 24.3 Å². The van der Waals surface area contributed by atoms with Gasteiger partial charge in [0.15, 0.2) is 5.78 Å². The molecule has 2 aromatic rings. The minimum atomic E-state index is -0.566. The van der Waals surface area contributed by atoms with Gasteiger partial charge in [-0.3, -0.25) is 9.69 Å². The Kier molecular flexibility index (Phi) is 7.31. The quantitative estimate of drug-likeness (QED) is 0.685. The number of benzene rings is 2. The number of β-amino-alcohol motifs (C(OH)–C–C–N with tert-alkyl or cyclic N) is 1. The summed E-state index contributed by atoms with van der Waals surface area (Å²) >= 11 is 6.28. The third-order valence-electron chi connectivity index (χ3n) is 4.97. The van der Waals surface area contributed by atoms with Gasteiger partial charge in [-0.05, 0) is 36.4 Å². The van der Waals surface area contributed by atoms with Crippen molar-refractivity contribution in [2.45, 2.75) is 19.4 Å². The highest BCUT2D eigenvalue weighted by Crippen LogP contribution is 2.26. The van der Waals surface area contributed by atoms with Crippen LogP contribution >= 0.6 is 11.6 Å². The summed E-state index contributed by atoms with van der Waals surface area (Å²) in [5, 5.41) is 11.1. The molecule has 1 saturated heterocycles. The molecule has 0 spiro atoms. The molecule has 1 aliphatic heterocycles. The fourth-order valence-corrected chi connectivity index (χ4v) is 3.62. The van der Waals surface area contributed by atoms with Crippen molar-refractivity contribution < 1.29 is 14.6 Å². The van der Waals surface area contributed by atoms with Gasteiger partial charge in [0.2, 0.25) is 0 Å². The molecule has 1 heterocycles. The smallest absolute Gasteiger partial charge is 0.162 e. The molecule has 1 unspecified atom stereocenters. The van der Waals surface area contributed by atoms with E-state index in [9.17, 15) is 9.90 Å². The molecule has 2 aromatic carbocycles. The second-order valence-corrected chi connectivity index (χ2v) is 7.41. The largest absolute Gasteiger partial charge is 0.491 e. The van der Waals surface area contributed by atoms with E-state index in [1.165, 1.54) is 0 Å². The number of anilines is 1. The summed E-state index contributed by atoms with van der Waals surface area (Å²) < 4.78 is 5.67. The average molecular weight is 403 g/mol. The van der Waals surface area contributed by atoms with Crippen molar-refractivity contribution in [3.63, 3.8) is 0 Å². The van der Waals surface area contributed by atoms with E-state index in [2.05, 4.69) is 9.80 Å². The summed E-state index contributed by atoms with van der Waals surface area (Å²) in [5.41, 5.74) is 1.75. The molecule has 1 fully saturated rings. The van der Waals surface area contributed by atoms with Gasteiger partial charge >= 0.3 is 0 Å². The second kappa shape index (κ2) is 9.92. The number of piperazine rings is 1. The number of hydrogen-bond donors (Lipinski definition) is 1. The lowest BCUT2D eigenvalue weighted by Crippen LogP contribution is -2.49. The predicted molar refractivity (Wildman–Crippen MR) is 113 cm³/mol. The van der Waals surface area contributed by atoms with E-state index in [1.807, 2.05) is 31.2 Å². The van der Waals surface area contributed by atoms with Crippen LogP contribution in [0.3, 0.4) is 0 Å². The van der Waals surface area contributed by atoms with Crippen LogP contribution in [0.2, 0.25) is 5.02 Å². The molecule has 1 N–H and O–H groups in total. The van der Waals surface area contributed by atoms with Crippen LogP contribution in [0.1, 0.15) is 23.7 Å². The third kappa shape index (κ3) is 5.47. The lowest BCUT2D eigenvalue weighted by molar-refractivity contribution is 0.0663. The Bertz CT molecular complexity index is 774. The number of halogens is 1. The topological polar surface area (TPSA) is 53.0 Å². The van der Waals surface area contributed by atoms with Crippen molar-refractivity contribution in [1.29, 1.82) is 0 Å². The van der Waals surface area contributed by atoms with Crippen LogP contribution in [-0.4, -0.2) is 61.2 Å². The lowest BCUT2D eigenvalue weighted by atomic mass is 10.1. The van der Waals surface area contributed by atoms with Gasteiger partial charge in [-0.2, -0.15) is 0 Å². The Morgan fingerprint density at radius 2 is 1.79 bits per heavy atom. The molecule has 28 heavy (non-hydrogen) atoms. The van der Waals surface area contributed by atoms with Crippen LogP contribution < -0.4 is 9.64 Å². The van der Waals surface area contributed by atoms with E-state index in [0.717, 1.165) is 36.9 Å². The van der Waals surface area contributed by atoms with E-state index in [-0.39, 0.29) is 12.4 Å². The molecule has 0 aromatic heterocycles. The van der Waals surface area contributed by atoms with Crippen molar-refractivity contribution in [1.82, 2.24) is 4.90 Å². The zero-order valence-corrected chi connectivity index (χ0v) is 16.9. The van der Waals surface area contributed by atoms with Crippen LogP contribution in [0.5, 0.6) is 5.75 Å². The highest BCUT2D eigenvalue weighted by Gasteiger charge is 2.20. The standard InChI is InChI=1S/C22H27ClN2O3/c1-2-22(27)17-7-9-19(10-8-17)28-16-18(26)15-24-11-13-25(14-12-24)21-6-4-3-5-20(21)23/h3-10,18,26H,2,11-16H2,1H3. The van der Waals surface area contributed by atoms with Crippen LogP contribution in [0, 0.1) is 0 Å². The minimum Gasteiger partial charge on any atom is -0.491 e. The average Bonchev–Trinajstić information content (AvgIpc) is 2.73. The third-order valence-corrected chi connectivity index (χ3v) is 5.29. The van der Waals surface area contributed by atoms with Crippen molar-refractivity contribution in [3.8, 4) is 5.75 Å². The maximum atomic E-state index is 11.6. The number of aliphatic hydroxyl groups is 1. The number of para-hydroxylation sites is 1. The van der Waals surface area contributed by atoms with Crippen molar-refractivity contribution in [2.24, 2.45) is 0 Å². The Morgan fingerprint density at radius 3 is 2.43 bits per heavy atom. The first kappa shape index (κ1) is 20.6. The van der Waals surface area contributed by atoms with Crippen molar-refractivity contribution >= 4 is 23.1 Å². The maximum absolute atomic E-state index is 11.6. The lowest BCUT2D eigenvalue weighted by Gasteiger charge is -2.37. The molecular formula is C22H27ClN2O3. The number of carbonyl (C=O) groups excluding carboxylic acids is 1. The normalized spacial score (nSPS) is 16.0. The molecular weight excluding hydrogens is 376 g/mol. The van der Waals surface area contributed by atoms with E-state index in [4.69, 9.17) is 16.3 Å². The first-order valence-corrected chi connectivity index (χ1v) is 10.1. The number of carbonyl (C=O) groups is 1. The van der Waals surface area contributed by atoms with Crippen LogP contribution in [0.25, 0.3) is 0 Å². The van der Waals surface area contributed by atoms with Gasteiger partial charge in [0, 0.05) is 44.7 Å². The molecule has 3 rings (SSSR count). The second-order valence-electron chi connectivity index (χ2n) is 7.01. The number of aliphatic hydroxyl groups excluding tert-OH is 1. The van der Waals surface area contributed by atoms with Gasteiger partial charge in [-0.1, -0.05) is 30.7 Å². The molecule has 150 valence electrons. The van der Waals surface area contributed by atoms with Crippen LogP contribution in [0.15, 0.2) is 48.5 Å². The molecule has 0 aliphatic carbocycles. The number of nitrogens with zero attached hydrogens (tertiary/aromatic N) is 2. The SMILES string of the molecule is CCC(=O)c1ccc(OCC(O)CN2CCN(c3ccccc3Cl)CC2)cc1. The Labute approximate surface area is 171 Å². The molecule has 6 heteroatoms. The maximum Gasteiger partial charge on any atom is 0.162 e. The van der Waals surface area contributed by atoms with Gasteiger partial charge in [0.05, 0.1) is 10.7 Å². The molecule has 0 saturated carbocycles. The summed E-state index contributed by atoms with van der Waals surface area (Å²) in [5.74, 6) is 0.776. The number of rotatable bonds is 8. The Balaban J connectivity index is 1.41. The Hall–Kier alpha value is -2.08. The zero-order chi connectivity index (χ0) is 19.9. The molecule has 0 amide bonds. The molecule has 0 bridgehead atoms. The minimum absolute atomic E-state index is 0.113. The molecule has 5 nitrogen and oxygen atoms in total. The highest BCUT2D eigenvalue weighted by molar-refractivity contribution is 6.33. The number of Topliss-reactive ketones (excluding diaryl/α,β-unsaturated/α-hetero) is 1. The Morgan fingerprint density at radius 1 is 1.11 bits per heavy atom. The number of hydrogen-bond acceptors (Lipinski definition) is 5. The number of ketones is 1. The summed E-state index contributed by atoms with van der Waals surface area (Å²) in [6, 6.07) is 15.0. The summed E-state index contributed by atoms with van der Waals surface area (Å²) in [7, 11) is 0. The predicted octanol–water partition coefficient (Wildman–Crippen LogP) is 3.49. The van der Waals surface area contributed by atoms with E-state index in [1.54, 1.807) is 24.3 Å². The van der Waals surface area contributed by atoms with Crippen LogP contribution in [0.4, 0.5) is 5.69 Å². The van der Waals surface area contributed by atoms with Crippen molar-refractivity contribution in [3.05, 3.63) is 59.1 Å². The zero-order valence-electron chi connectivity index (χ0n) is 16.2. The van der Waals surface area contributed by atoms with Gasteiger partial charge in [0.25, 0.3) is 0 Å². The van der Waals surface area contributed by atoms with Gasteiger partial charge in [-0.25, -0.2) is 0 Å². The van der Waals surface area contributed by atoms with Gasteiger partial charge in [0.1, 0.15) is 18.5 Å².